The molecular formula is C8H16N2O4S2. The summed E-state index contributed by atoms with van der Waals surface area (Å²) in [6.07, 6.45) is 0.100. The first-order valence-corrected chi connectivity index (χ1v) is 6.84. The number of sulfone groups is 1. The van der Waals surface area contributed by atoms with E-state index in [9.17, 15) is 13.2 Å². The van der Waals surface area contributed by atoms with E-state index in [0.29, 0.717) is 13.2 Å². The SMILES string of the molecule is COCCNC(=O)CS(=O)(=O)CCC(N)=S. The van der Waals surface area contributed by atoms with Crippen LogP contribution in [0.1, 0.15) is 6.42 Å². The van der Waals surface area contributed by atoms with Crippen LogP contribution in [-0.4, -0.2) is 51.1 Å². The van der Waals surface area contributed by atoms with Crippen molar-refractivity contribution in [2.75, 3.05) is 31.8 Å². The molecule has 0 atom stereocenters. The van der Waals surface area contributed by atoms with Crippen LogP contribution in [0, 0.1) is 0 Å². The molecule has 0 aliphatic carbocycles. The second kappa shape index (κ2) is 7.53. The van der Waals surface area contributed by atoms with Gasteiger partial charge in [-0.25, -0.2) is 8.42 Å². The highest BCUT2D eigenvalue weighted by molar-refractivity contribution is 7.92. The number of methoxy groups -OCH3 is 1. The minimum Gasteiger partial charge on any atom is -0.393 e. The van der Waals surface area contributed by atoms with Crippen LogP contribution in [0.25, 0.3) is 0 Å². The van der Waals surface area contributed by atoms with E-state index in [1.54, 1.807) is 0 Å². The summed E-state index contributed by atoms with van der Waals surface area (Å²) < 4.78 is 27.4. The van der Waals surface area contributed by atoms with Crippen LogP contribution >= 0.6 is 12.2 Å². The van der Waals surface area contributed by atoms with Gasteiger partial charge in [0.15, 0.2) is 9.84 Å². The predicted octanol–water partition coefficient (Wildman–Crippen LogP) is -1.16. The molecular weight excluding hydrogens is 252 g/mol. The largest absolute Gasteiger partial charge is 0.393 e. The summed E-state index contributed by atoms with van der Waals surface area (Å²) >= 11 is 4.56. The second-order valence-electron chi connectivity index (χ2n) is 3.15. The van der Waals surface area contributed by atoms with E-state index >= 15 is 0 Å². The van der Waals surface area contributed by atoms with Gasteiger partial charge in [0.2, 0.25) is 5.91 Å². The van der Waals surface area contributed by atoms with Crippen molar-refractivity contribution in [2.45, 2.75) is 6.42 Å². The minimum absolute atomic E-state index is 0.100. The number of nitrogens with two attached hydrogens (primary N) is 1. The second-order valence-corrected chi connectivity index (χ2v) is 5.86. The van der Waals surface area contributed by atoms with Crippen molar-refractivity contribution < 1.29 is 17.9 Å². The third-order valence-electron chi connectivity index (χ3n) is 1.64. The Labute approximate surface area is 100 Å². The lowest BCUT2D eigenvalue weighted by atomic mass is 10.5. The maximum absolute atomic E-state index is 11.4. The van der Waals surface area contributed by atoms with Crippen LogP contribution in [-0.2, 0) is 19.4 Å². The quantitative estimate of drug-likeness (QED) is 0.425. The molecule has 16 heavy (non-hydrogen) atoms. The average molecular weight is 268 g/mol. The maximum atomic E-state index is 11.4. The molecule has 6 nitrogen and oxygen atoms in total. The Balaban J connectivity index is 3.96. The molecule has 0 unspecified atom stereocenters. The highest BCUT2D eigenvalue weighted by Crippen LogP contribution is 1.94. The average Bonchev–Trinajstić information content (AvgIpc) is 2.15. The Hall–Kier alpha value is -0.730. The van der Waals surface area contributed by atoms with Crippen LogP contribution in [0.2, 0.25) is 0 Å². The Morgan fingerprint density at radius 2 is 2.12 bits per heavy atom. The van der Waals surface area contributed by atoms with Gasteiger partial charge in [-0.15, -0.1) is 0 Å². The first-order valence-electron chi connectivity index (χ1n) is 4.62. The zero-order chi connectivity index (χ0) is 12.6. The zero-order valence-corrected chi connectivity index (χ0v) is 10.7. The first-order chi connectivity index (χ1) is 7.37. The van der Waals surface area contributed by atoms with E-state index in [4.69, 9.17) is 10.5 Å². The van der Waals surface area contributed by atoms with Gasteiger partial charge in [-0.1, -0.05) is 12.2 Å². The molecule has 0 heterocycles. The molecule has 0 aliphatic heterocycles. The van der Waals surface area contributed by atoms with Crippen molar-refractivity contribution in [3.63, 3.8) is 0 Å². The number of carbonyl (C=O) groups excluding carboxylic acids is 1. The third-order valence-corrected chi connectivity index (χ3v) is 3.37. The van der Waals surface area contributed by atoms with Crippen LogP contribution in [0.3, 0.4) is 0 Å². The van der Waals surface area contributed by atoms with Crippen LogP contribution in [0.15, 0.2) is 0 Å². The standard InChI is InChI=1S/C8H16N2O4S2/c1-14-4-3-10-8(11)6-16(12,13)5-2-7(9)15/h2-6H2,1H3,(H2,9,15)(H,10,11). The molecule has 0 bridgehead atoms. The molecule has 94 valence electrons. The molecule has 0 spiro atoms. The Bertz CT molecular complexity index is 340. The number of ether oxygens (including phenoxy) is 1. The van der Waals surface area contributed by atoms with E-state index in [1.165, 1.54) is 7.11 Å². The van der Waals surface area contributed by atoms with Crippen molar-refractivity contribution in [1.29, 1.82) is 0 Å². The fourth-order valence-electron chi connectivity index (χ4n) is 0.872. The molecule has 1 amide bonds. The number of nitrogens with one attached hydrogen (secondary N) is 1. The van der Waals surface area contributed by atoms with Crippen molar-refractivity contribution in [3.8, 4) is 0 Å². The van der Waals surface area contributed by atoms with E-state index in [2.05, 4.69) is 17.5 Å². The molecule has 0 fully saturated rings. The zero-order valence-electron chi connectivity index (χ0n) is 9.06. The molecule has 0 aromatic rings. The first kappa shape index (κ1) is 15.3. The number of carbonyl (C=O) groups is 1. The summed E-state index contributed by atoms with van der Waals surface area (Å²) in [5.41, 5.74) is 5.18. The number of hydrogen-bond acceptors (Lipinski definition) is 5. The lowest BCUT2D eigenvalue weighted by Gasteiger charge is -2.05. The Morgan fingerprint density at radius 1 is 1.50 bits per heavy atom. The molecule has 0 radical (unpaired) electrons. The van der Waals surface area contributed by atoms with E-state index in [-0.39, 0.29) is 17.2 Å². The molecule has 0 aromatic heterocycles. The van der Waals surface area contributed by atoms with Gasteiger partial charge in [0.05, 0.1) is 17.3 Å². The molecule has 8 heteroatoms. The van der Waals surface area contributed by atoms with Gasteiger partial charge in [-0.05, 0) is 0 Å². The van der Waals surface area contributed by atoms with Gasteiger partial charge in [0, 0.05) is 20.1 Å². The molecule has 3 N–H and O–H groups in total. The molecule has 0 saturated heterocycles. The van der Waals surface area contributed by atoms with Gasteiger partial charge >= 0.3 is 0 Å². The normalized spacial score (nSPS) is 11.1. The summed E-state index contributed by atoms with van der Waals surface area (Å²) in [4.78, 5) is 11.3. The van der Waals surface area contributed by atoms with Gasteiger partial charge in [0.1, 0.15) is 5.75 Å². The van der Waals surface area contributed by atoms with Crippen LogP contribution in [0.4, 0.5) is 0 Å². The smallest absolute Gasteiger partial charge is 0.235 e. The Kier molecular flexibility index (Phi) is 7.18. The fraction of sp³-hybridized carbons (Fsp3) is 0.750. The lowest BCUT2D eigenvalue weighted by Crippen LogP contribution is -2.33. The van der Waals surface area contributed by atoms with Crippen LogP contribution in [0.5, 0.6) is 0 Å². The summed E-state index contributed by atoms with van der Waals surface area (Å²) in [5.74, 6) is -1.28. The minimum atomic E-state index is -3.43. The number of amides is 1. The number of hydrogen-bond donors (Lipinski definition) is 2. The topological polar surface area (TPSA) is 98.5 Å². The predicted molar refractivity (Wildman–Crippen MR) is 64.9 cm³/mol. The Morgan fingerprint density at radius 3 is 2.62 bits per heavy atom. The highest BCUT2D eigenvalue weighted by atomic mass is 32.2. The number of thiocarbonyl (C=S) groups is 1. The molecule has 0 saturated carbocycles. The van der Waals surface area contributed by atoms with Gasteiger partial charge in [-0.3, -0.25) is 4.79 Å². The van der Waals surface area contributed by atoms with Gasteiger partial charge in [0.25, 0.3) is 0 Å². The van der Waals surface area contributed by atoms with E-state index < -0.39 is 21.5 Å². The van der Waals surface area contributed by atoms with Gasteiger partial charge in [-0.2, -0.15) is 0 Å². The summed E-state index contributed by atoms with van der Waals surface area (Å²) in [6, 6.07) is 0. The summed E-state index contributed by atoms with van der Waals surface area (Å²) in [5, 5.41) is 2.42. The lowest BCUT2D eigenvalue weighted by molar-refractivity contribution is -0.118. The van der Waals surface area contributed by atoms with Crippen molar-refractivity contribution in [3.05, 3.63) is 0 Å². The maximum Gasteiger partial charge on any atom is 0.235 e. The molecule has 0 rings (SSSR count). The van der Waals surface area contributed by atoms with Crippen molar-refractivity contribution >= 4 is 33.0 Å². The van der Waals surface area contributed by atoms with E-state index in [1.807, 2.05) is 0 Å². The van der Waals surface area contributed by atoms with Crippen molar-refractivity contribution in [1.82, 2.24) is 5.32 Å². The van der Waals surface area contributed by atoms with E-state index in [0.717, 1.165) is 0 Å². The summed E-state index contributed by atoms with van der Waals surface area (Å²) in [7, 11) is -1.94. The number of rotatable bonds is 8. The summed E-state index contributed by atoms with van der Waals surface area (Å²) in [6.45, 7) is 0.638. The monoisotopic (exact) mass is 268 g/mol. The molecule has 0 aliphatic rings. The fourth-order valence-corrected chi connectivity index (χ4v) is 2.28. The highest BCUT2D eigenvalue weighted by Gasteiger charge is 2.16. The van der Waals surface area contributed by atoms with Gasteiger partial charge < -0.3 is 15.8 Å². The third kappa shape index (κ3) is 8.57. The molecule has 0 aromatic carbocycles. The van der Waals surface area contributed by atoms with Crippen LogP contribution < -0.4 is 11.1 Å². The van der Waals surface area contributed by atoms with Crippen molar-refractivity contribution in [2.24, 2.45) is 5.73 Å².